The van der Waals surface area contributed by atoms with E-state index in [1.54, 1.807) is 0 Å². The predicted octanol–water partition coefficient (Wildman–Crippen LogP) is 4.99. The number of benzene rings is 3. The molecule has 0 aromatic heterocycles. The largest absolute Gasteiger partial charge is 0.0622 e. The fraction of sp³-hybridized carbons (Fsp3) is 0.111. The molecule has 0 aliphatic rings. The van der Waals surface area contributed by atoms with Crippen LogP contribution in [-0.4, -0.2) is 0 Å². The summed E-state index contributed by atoms with van der Waals surface area (Å²) < 4.78 is 0. The highest BCUT2D eigenvalue weighted by molar-refractivity contribution is 5.86. The quantitative estimate of drug-likeness (QED) is 0.583. The first-order valence-corrected chi connectivity index (χ1v) is 6.39. The number of hydrogen-bond acceptors (Lipinski definition) is 0. The minimum absolute atomic E-state index is 0.428. The van der Waals surface area contributed by atoms with Gasteiger partial charge in [0.2, 0.25) is 0 Å². The molecule has 0 nitrogen and oxygen atoms in total. The normalized spacial score (nSPS) is 12.5. The van der Waals surface area contributed by atoms with E-state index >= 15 is 0 Å². The summed E-state index contributed by atoms with van der Waals surface area (Å²) in [5, 5.41) is 2.68. The van der Waals surface area contributed by atoms with Crippen molar-refractivity contribution >= 4 is 10.8 Å². The molecule has 0 bridgehead atoms. The molecule has 0 heterocycles. The van der Waals surface area contributed by atoms with Gasteiger partial charge in [-0.25, -0.2) is 0 Å². The van der Waals surface area contributed by atoms with Gasteiger partial charge in [-0.1, -0.05) is 79.7 Å². The minimum Gasteiger partial charge on any atom is -0.0622 e. The van der Waals surface area contributed by atoms with Gasteiger partial charge in [-0.3, -0.25) is 0 Å². The molecule has 88 valence electrons. The Morgan fingerprint density at radius 3 is 2.17 bits per heavy atom. The molecule has 0 N–H and O–H groups in total. The SMILES string of the molecule is C[C@H](c1ccccc1)c1cccc2ccccc12. The Morgan fingerprint density at radius 2 is 1.33 bits per heavy atom. The van der Waals surface area contributed by atoms with Crippen LogP contribution in [0.4, 0.5) is 0 Å². The lowest BCUT2D eigenvalue weighted by atomic mass is 9.89. The van der Waals surface area contributed by atoms with Crippen LogP contribution in [0.1, 0.15) is 24.0 Å². The van der Waals surface area contributed by atoms with Crippen molar-refractivity contribution in [1.82, 2.24) is 0 Å². The average Bonchev–Trinajstić information content (AvgIpc) is 2.47. The molecule has 0 saturated carbocycles. The molecule has 0 radical (unpaired) electrons. The van der Waals surface area contributed by atoms with Crippen LogP contribution in [-0.2, 0) is 0 Å². The van der Waals surface area contributed by atoms with Crippen molar-refractivity contribution in [2.75, 3.05) is 0 Å². The molecule has 0 aliphatic heterocycles. The van der Waals surface area contributed by atoms with Crippen LogP contribution in [0.3, 0.4) is 0 Å². The molecule has 3 aromatic rings. The second kappa shape index (κ2) is 4.66. The highest BCUT2D eigenvalue weighted by Crippen LogP contribution is 2.30. The van der Waals surface area contributed by atoms with Crippen LogP contribution >= 0.6 is 0 Å². The summed E-state index contributed by atoms with van der Waals surface area (Å²) >= 11 is 0. The molecule has 0 unspecified atom stereocenters. The van der Waals surface area contributed by atoms with Crippen molar-refractivity contribution in [3.63, 3.8) is 0 Å². The van der Waals surface area contributed by atoms with Gasteiger partial charge in [0, 0.05) is 5.92 Å². The van der Waals surface area contributed by atoms with Gasteiger partial charge in [0.1, 0.15) is 0 Å². The van der Waals surface area contributed by atoms with Gasteiger partial charge in [0.15, 0.2) is 0 Å². The van der Waals surface area contributed by atoms with Crippen LogP contribution in [0.2, 0.25) is 0 Å². The van der Waals surface area contributed by atoms with Crippen LogP contribution in [0.15, 0.2) is 72.8 Å². The highest BCUT2D eigenvalue weighted by Gasteiger charge is 2.10. The Hall–Kier alpha value is -2.08. The third kappa shape index (κ3) is 1.91. The zero-order valence-electron chi connectivity index (χ0n) is 10.5. The topological polar surface area (TPSA) is 0 Å². The minimum atomic E-state index is 0.428. The Balaban J connectivity index is 2.15. The summed E-state index contributed by atoms with van der Waals surface area (Å²) in [6, 6.07) is 25.9. The fourth-order valence-electron chi connectivity index (χ4n) is 2.55. The molecular weight excluding hydrogens is 216 g/mol. The zero-order chi connectivity index (χ0) is 12.4. The molecule has 3 aromatic carbocycles. The standard InChI is InChI=1S/C18H16/c1-14(15-8-3-2-4-9-15)17-13-7-11-16-10-5-6-12-18(16)17/h2-14H,1H3/t14-/m1/s1. The van der Waals surface area contributed by atoms with Crippen LogP contribution in [0, 0.1) is 0 Å². The Labute approximate surface area is 108 Å². The molecule has 0 saturated heterocycles. The van der Waals surface area contributed by atoms with Crippen molar-refractivity contribution in [3.05, 3.63) is 83.9 Å². The van der Waals surface area contributed by atoms with E-state index < -0.39 is 0 Å². The van der Waals surface area contributed by atoms with Gasteiger partial charge in [0.25, 0.3) is 0 Å². The Bertz CT molecular complexity index is 648. The summed E-state index contributed by atoms with van der Waals surface area (Å²) in [5.74, 6) is 0.428. The smallest absolute Gasteiger partial charge is 0.00671 e. The molecule has 0 aliphatic carbocycles. The summed E-state index contributed by atoms with van der Waals surface area (Å²) in [4.78, 5) is 0. The van der Waals surface area contributed by atoms with Crippen molar-refractivity contribution in [2.24, 2.45) is 0 Å². The second-order valence-corrected chi connectivity index (χ2v) is 4.70. The van der Waals surface area contributed by atoms with E-state index in [0.29, 0.717) is 5.92 Å². The van der Waals surface area contributed by atoms with Crippen molar-refractivity contribution in [3.8, 4) is 0 Å². The zero-order valence-corrected chi connectivity index (χ0v) is 10.5. The molecule has 3 rings (SSSR count). The van der Waals surface area contributed by atoms with E-state index in [9.17, 15) is 0 Å². The van der Waals surface area contributed by atoms with Crippen molar-refractivity contribution in [1.29, 1.82) is 0 Å². The van der Waals surface area contributed by atoms with Crippen molar-refractivity contribution in [2.45, 2.75) is 12.8 Å². The first-order chi connectivity index (χ1) is 8.86. The monoisotopic (exact) mass is 232 g/mol. The van der Waals surface area contributed by atoms with Crippen molar-refractivity contribution < 1.29 is 0 Å². The second-order valence-electron chi connectivity index (χ2n) is 4.70. The molecule has 0 amide bonds. The van der Waals surface area contributed by atoms with E-state index in [1.807, 2.05) is 0 Å². The lowest BCUT2D eigenvalue weighted by Gasteiger charge is -2.15. The third-order valence-electron chi connectivity index (χ3n) is 3.59. The van der Waals surface area contributed by atoms with Gasteiger partial charge in [-0.15, -0.1) is 0 Å². The van der Waals surface area contributed by atoms with Crippen LogP contribution < -0.4 is 0 Å². The molecule has 1 atom stereocenters. The molecule has 0 heteroatoms. The van der Waals surface area contributed by atoms with E-state index in [-0.39, 0.29) is 0 Å². The maximum atomic E-state index is 2.27. The third-order valence-corrected chi connectivity index (χ3v) is 3.59. The lowest BCUT2D eigenvalue weighted by Crippen LogP contribution is -1.96. The van der Waals surface area contributed by atoms with Gasteiger partial charge in [-0.2, -0.15) is 0 Å². The maximum Gasteiger partial charge on any atom is 0.00671 e. The first kappa shape index (κ1) is 11.0. The van der Waals surface area contributed by atoms with Gasteiger partial charge in [0.05, 0.1) is 0 Å². The number of rotatable bonds is 2. The van der Waals surface area contributed by atoms with Gasteiger partial charge < -0.3 is 0 Å². The van der Waals surface area contributed by atoms with E-state index in [0.717, 1.165) is 0 Å². The Kier molecular flexibility index (Phi) is 2.85. The highest BCUT2D eigenvalue weighted by atomic mass is 14.1. The predicted molar refractivity (Wildman–Crippen MR) is 77.9 cm³/mol. The van der Waals surface area contributed by atoms with E-state index in [1.165, 1.54) is 21.9 Å². The molecular formula is C18H16. The lowest BCUT2D eigenvalue weighted by molar-refractivity contribution is 0.933. The number of fused-ring (bicyclic) bond motifs is 1. The summed E-state index contributed by atoms with van der Waals surface area (Å²) in [5.41, 5.74) is 2.77. The van der Waals surface area contributed by atoms with Crippen LogP contribution in [0.25, 0.3) is 10.8 Å². The molecule has 0 fully saturated rings. The summed E-state index contributed by atoms with van der Waals surface area (Å²) in [6.07, 6.45) is 0. The summed E-state index contributed by atoms with van der Waals surface area (Å²) in [6.45, 7) is 2.27. The Morgan fingerprint density at radius 1 is 0.667 bits per heavy atom. The molecule has 18 heavy (non-hydrogen) atoms. The summed E-state index contributed by atoms with van der Waals surface area (Å²) in [7, 11) is 0. The number of hydrogen-bond donors (Lipinski definition) is 0. The van der Waals surface area contributed by atoms with Crippen LogP contribution in [0.5, 0.6) is 0 Å². The maximum absolute atomic E-state index is 2.27. The van der Waals surface area contributed by atoms with Gasteiger partial charge in [-0.05, 0) is 21.9 Å². The fourth-order valence-corrected chi connectivity index (χ4v) is 2.55. The van der Waals surface area contributed by atoms with E-state index in [2.05, 4.69) is 79.7 Å². The van der Waals surface area contributed by atoms with Gasteiger partial charge >= 0.3 is 0 Å². The van der Waals surface area contributed by atoms with E-state index in [4.69, 9.17) is 0 Å². The average molecular weight is 232 g/mol. The first-order valence-electron chi connectivity index (χ1n) is 6.39. The molecule has 0 spiro atoms.